The summed E-state index contributed by atoms with van der Waals surface area (Å²) in [5.41, 5.74) is 1.27. The SMILES string of the molecule is CN(C)c1cc(NC(=O)CNC(C)(C)C)c(O)c2c1CC1CC3[C@H](N(C)N=O)C(=O)C(C(N)=O)=C(O)[C@@]3(O)C(=O)C1=C2O. The van der Waals surface area contributed by atoms with Crippen molar-refractivity contribution in [3.8, 4) is 5.75 Å². The van der Waals surface area contributed by atoms with Gasteiger partial charge in [0.15, 0.2) is 11.4 Å². The average molecular weight is 601 g/mol. The lowest BCUT2D eigenvalue weighted by Crippen LogP contribution is -2.65. The maximum atomic E-state index is 14.0. The van der Waals surface area contributed by atoms with E-state index < -0.39 is 69.7 Å². The van der Waals surface area contributed by atoms with Crippen molar-refractivity contribution in [1.82, 2.24) is 10.3 Å². The maximum absolute atomic E-state index is 14.0. The van der Waals surface area contributed by atoms with Crippen LogP contribution in [0.2, 0.25) is 0 Å². The predicted octanol–water partition coefficient (Wildman–Crippen LogP) is 0.408. The van der Waals surface area contributed by atoms with Crippen LogP contribution < -0.4 is 21.3 Å². The smallest absolute Gasteiger partial charge is 0.255 e. The number of ketones is 2. The number of primary amides is 1. The zero-order valence-corrected chi connectivity index (χ0v) is 24.7. The van der Waals surface area contributed by atoms with Crippen LogP contribution in [-0.2, 0) is 25.6 Å². The Morgan fingerprint density at radius 1 is 1.16 bits per heavy atom. The summed E-state index contributed by atoms with van der Waals surface area (Å²) in [6, 6.07) is -0.108. The van der Waals surface area contributed by atoms with Gasteiger partial charge in [0.2, 0.25) is 11.7 Å². The van der Waals surface area contributed by atoms with Crippen LogP contribution >= 0.6 is 0 Å². The van der Waals surface area contributed by atoms with Crippen LogP contribution in [0, 0.1) is 16.7 Å². The molecule has 0 aliphatic heterocycles. The molecule has 3 aliphatic rings. The standard InChI is InChI=1S/C28H36N6O9/c1-27(2,3)30-10-16(35)31-14-9-15(33(4)5)12-7-11-8-13-20(34(6)32-43)23(38)19(26(29)41)25(40)28(13,42)24(39)17(11)22(37)18(12)21(14)36/h9,11,13,20,30,36-37,40,42H,7-8,10H2,1-6H3,(H2,29,41)(H,31,35)/t11?,13?,20-,28-/m0/s1. The summed E-state index contributed by atoms with van der Waals surface area (Å²) in [5.74, 6) is -9.08. The molecule has 1 aromatic rings. The normalized spacial score (nSPS) is 25.0. The Balaban J connectivity index is 1.90. The highest BCUT2D eigenvalue weighted by molar-refractivity contribution is 6.24. The van der Waals surface area contributed by atoms with Crippen LogP contribution in [0.25, 0.3) is 5.76 Å². The number of Topliss-reactive ketones (excluding diaryl/α,β-unsaturated/α-hetero) is 2. The van der Waals surface area contributed by atoms with E-state index >= 15 is 0 Å². The zero-order valence-electron chi connectivity index (χ0n) is 24.7. The molecule has 0 saturated heterocycles. The van der Waals surface area contributed by atoms with Crippen LogP contribution in [0.3, 0.4) is 0 Å². The summed E-state index contributed by atoms with van der Waals surface area (Å²) >= 11 is 0. The van der Waals surface area contributed by atoms with Crippen molar-refractivity contribution in [2.75, 3.05) is 37.9 Å². The van der Waals surface area contributed by atoms with E-state index in [1.54, 1.807) is 19.0 Å². The van der Waals surface area contributed by atoms with Crippen molar-refractivity contribution < 1.29 is 39.6 Å². The van der Waals surface area contributed by atoms with Crippen LogP contribution in [-0.4, -0.2) is 93.7 Å². The van der Waals surface area contributed by atoms with E-state index in [2.05, 4.69) is 15.9 Å². The first-order chi connectivity index (χ1) is 19.9. The number of phenolic OH excluding ortho intramolecular Hbond substituents is 1. The minimum atomic E-state index is -2.93. The molecule has 0 radical (unpaired) electrons. The number of nitrogens with two attached hydrogens (primary N) is 1. The molecule has 15 nitrogen and oxygen atoms in total. The molecule has 232 valence electrons. The topological polar surface area (TPSA) is 235 Å². The van der Waals surface area contributed by atoms with Gasteiger partial charge in [0.25, 0.3) is 5.91 Å². The summed E-state index contributed by atoms with van der Waals surface area (Å²) in [4.78, 5) is 65.2. The third-order valence-corrected chi connectivity index (χ3v) is 8.21. The molecule has 2 amide bonds. The maximum Gasteiger partial charge on any atom is 0.255 e. The Morgan fingerprint density at radius 3 is 2.33 bits per heavy atom. The molecule has 2 unspecified atom stereocenters. The fourth-order valence-corrected chi connectivity index (χ4v) is 6.21. The third-order valence-electron chi connectivity index (χ3n) is 8.21. The molecule has 1 fully saturated rings. The number of aliphatic hydroxyl groups is 3. The third kappa shape index (κ3) is 4.97. The van der Waals surface area contributed by atoms with Crippen molar-refractivity contribution in [3.05, 3.63) is 39.0 Å². The van der Waals surface area contributed by atoms with Crippen LogP contribution in [0.4, 0.5) is 11.4 Å². The van der Waals surface area contributed by atoms with Gasteiger partial charge in [-0.15, -0.1) is 4.91 Å². The molecule has 15 heteroatoms. The minimum Gasteiger partial charge on any atom is -0.508 e. The number of aliphatic hydroxyl groups excluding tert-OH is 2. The average Bonchev–Trinajstić information content (AvgIpc) is 2.90. The highest BCUT2D eigenvalue weighted by Gasteiger charge is 2.65. The largest absolute Gasteiger partial charge is 0.508 e. The summed E-state index contributed by atoms with van der Waals surface area (Å²) in [5, 5.41) is 54.5. The van der Waals surface area contributed by atoms with Gasteiger partial charge in [0.1, 0.15) is 28.9 Å². The van der Waals surface area contributed by atoms with E-state index in [9.17, 15) is 44.5 Å². The molecule has 4 rings (SSSR count). The Kier molecular flexibility index (Phi) is 7.78. The van der Waals surface area contributed by atoms with Crippen molar-refractivity contribution >= 4 is 40.5 Å². The van der Waals surface area contributed by atoms with Crippen molar-refractivity contribution in [1.29, 1.82) is 0 Å². The summed E-state index contributed by atoms with van der Waals surface area (Å²) in [7, 11) is 4.53. The van der Waals surface area contributed by atoms with E-state index in [-0.39, 0.29) is 41.7 Å². The number of phenols is 1. The quantitative estimate of drug-likeness (QED) is 0.0975. The molecule has 3 aliphatic carbocycles. The molecular formula is C28H36N6O9. The van der Waals surface area contributed by atoms with Crippen molar-refractivity contribution in [3.63, 3.8) is 0 Å². The second-order valence-electron chi connectivity index (χ2n) is 12.3. The first kappa shape index (κ1) is 31.4. The number of anilines is 2. The molecular weight excluding hydrogens is 564 g/mol. The van der Waals surface area contributed by atoms with Gasteiger partial charge in [-0.1, -0.05) is 0 Å². The number of rotatable bonds is 7. The van der Waals surface area contributed by atoms with Gasteiger partial charge in [0, 0.05) is 43.9 Å². The Hall–Kier alpha value is -4.50. The molecule has 1 saturated carbocycles. The molecule has 1 aromatic carbocycles. The van der Waals surface area contributed by atoms with Gasteiger partial charge in [-0.3, -0.25) is 24.2 Å². The first-order valence-corrected chi connectivity index (χ1v) is 13.5. The van der Waals surface area contributed by atoms with Gasteiger partial charge >= 0.3 is 0 Å². The van der Waals surface area contributed by atoms with Gasteiger partial charge in [0.05, 0.1) is 23.1 Å². The molecule has 0 bridgehead atoms. The number of hydrogen-bond donors (Lipinski definition) is 7. The minimum absolute atomic E-state index is 0.0280. The summed E-state index contributed by atoms with van der Waals surface area (Å²) in [6.45, 7) is 5.53. The second kappa shape index (κ2) is 10.6. The molecule has 0 aromatic heterocycles. The number of amides is 2. The number of fused-ring (bicyclic) bond motifs is 3. The number of likely N-dealkylation sites (N-methyl/N-ethyl adjacent to an activating group) is 1. The van der Waals surface area contributed by atoms with Crippen molar-refractivity contribution in [2.45, 2.75) is 50.8 Å². The number of carbonyl (C=O) groups is 4. The molecule has 4 atom stereocenters. The lowest BCUT2D eigenvalue weighted by atomic mass is 9.57. The van der Waals surface area contributed by atoms with Gasteiger partial charge in [-0.05, 0) is 51.2 Å². The summed E-state index contributed by atoms with van der Waals surface area (Å²) < 4.78 is 0. The molecule has 0 spiro atoms. The van der Waals surface area contributed by atoms with E-state index in [0.29, 0.717) is 16.3 Å². The highest BCUT2D eigenvalue weighted by Crippen LogP contribution is 2.54. The molecule has 0 heterocycles. The monoisotopic (exact) mass is 600 g/mol. The molecule has 43 heavy (non-hydrogen) atoms. The fraction of sp³-hybridized carbons (Fsp3) is 0.500. The van der Waals surface area contributed by atoms with E-state index in [4.69, 9.17) is 5.73 Å². The summed E-state index contributed by atoms with van der Waals surface area (Å²) in [6.07, 6.45) is -0.182. The lowest BCUT2D eigenvalue weighted by molar-refractivity contribution is -0.154. The molecule has 8 N–H and O–H groups in total. The Bertz CT molecular complexity index is 1510. The number of nitrogens with one attached hydrogen (secondary N) is 2. The number of aromatic hydroxyl groups is 1. The number of benzene rings is 1. The number of hydrogen-bond acceptors (Lipinski definition) is 12. The lowest BCUT2D eigenvalue weighted by Gasteiger charge is -2.49. The number of carbonyl (C=O) groups excluding carboxylic acids is 4. The van der Waals surface area contributed by atoms with Crippen molar-refractivity contribution in [2.24, 2.45) is 22.9 Å². The Morgan fingerprint density at radius 2 is 1.79 bits per heavy atom. The Labute approximate surface area is 247 Å². The van der Waals surface area contributed by atoms with Crippen LogP contribution in [0.1, 0.15) is 38.3 Å². The van der Waals surface area contributed by atoms with E-state index in [1.807, 2.05) is 20.8 Å². The zero-order chi connectivity index (χ0) is 32.3. The first-order valence-electron chi connectivity index (χ1n) is 13.5. The van der Waals surface area contributed by atoms with Gasteiger partial charge < -0.3 is 41.7 Å². The fourth-order valence-electron chi connectivity index (χ4n) is 6.21. The van der Waals surface area contributed by atoms with E-state index in [1.165, 1.54) is 6.07 Å². The van der Waals surface area contributed by atoms with Crippen LogP contribution in [0.15, 0.2) is 28.3 Å². The van der Waals surface area contributed by atoms with E-state index in [0.717, 1.165) is 7.05 Å². The number of nitrogens with zero attached hydrogens (tertiary/aromatic N) is 3. The van der Waals surface area contributed by atoms with Crippen LogP contribution in [0.5, 0.6) is 5.75 Å². The predicted molar refractivity (Wildman–Crippen MR) is 155 cm³/mol. The second-order valence-corrected chi connectivity index (χ2v) is 12.3. The van der Waals surface area contributed by atoms with Gasteiger partial charge in [-0.25, -0.2) is 0 Å². The number of nitroso groups, excluding NO2 is 1. The van der Waals surface area contributed by atoms with Gasteiger partial charge in [-0.2, -0.15) is 0 Å². The highest BCUT2D eigenvalue weighted by atomic mass is 16.3.